The van der Waals surface area contributed by atoms with Crippen molar-refractivity contribution in [3.8, 4) is 0 Å². The zero-order valence-electron chi connectivity index (χ0n) is 8.52. The van der Waals surface area contributed by atoms with Crippen LogP contribution in [0.5, 0.6) is 0 Å². The van der Waals surface area contributed by atoms with Gasteiger partial charge in [-0.2, -0.15) is 0 Å². The topological polar surface area (TPSA) is 26.0 Å². The van der Waals surface area contributed by atoms with E-state index in [0.29, 0.717) is 6.54 Å². The van der Waals surface area contributed by atoms with Crippen LogP contribution in [0.2, 0.25) is 0 Å². The van der Waals surface area contributed by atoms with Gasteiger partial charge in [0, 0.05) is 0 Å². The molecule has 76 valence electrons. The van der Waals surface area contributed by atoms with Crippen LogP contribution in [-0.2, 0) is 5.41 Å². The molecule has 1 aliphatic rings. The third-order valence-corrected chi connectivity index (χ3v) is 3.23. The molecule has 0 heterocycles. The van der Waals surface area contributed by atoms with E-state index < -0.39 is 0 Å². The Morgan fingerprint density at radius 1 is 1.43 bits per heavy atom. The van der Waals surface area contributed by atoms with E-state index in [1.54, 1.807) is 12.1 Å². The number of rotatable bonds is 3. The minimum Gasteiger partial charge on any atom is -0.330 e. The molecule has 1 fully saturated rings. The summed E-state index contributed by atoms with van der Waals surface area (Å²) in [6.07, 6.45) is 3.09. The van der Waals surface area contributed by atoms with Crippen LogP contribution in [0.3, 0.4) is 0 Å². The van der Waals surface area contributed by atoms with E-state index in [-0.39, 0.29) is 11.2 Å². The van der Waals surface area contributed by atoms with Crippen LogP contribution in [0.25, 0.3) is 0 Å². The normalized spacial score (nSPS) is 18.2. The lowest BCUT2D eigenvalue weighted by molar-refractivity contribution is 0.547. The van der Waals surface area contributed by atoms with Crippen molar-refractivity contribution in [3.05, 3.63) is 35.1 Å². The average molecular weight is 193 g/mol. The molecule has 2 N–H and O–H groups in total. The van der Waals surface area contributed by atoms with Gasteiger partial charge in [-0.1, -0.05) is 12.1 Å². The van der Waals surface area contributed by atoms with Gasteiger partial charge in [0.1, 0.15) is 5.82 Å². The highest BCUT2D eigenvalue weighted by molar-refractivity contribution is 5.38. The molecule has 1 aromatic carbocycles. The molecule has 14 heavy (non-hydrogen) atoms. The summed E-state index contributed by atoms with van der Waals surface area (Å²) in [5, 5.41) is 0. The van der Waals surface area contributed by atoms with Gasteiger partial charge in [-0.05, 0) is 55.3 Å². The first kappa shape index (κ1) is 9.66. The highest BCUT2D eigenvalue weighted by Crippen LogP contribution is 2.52. The summed E-state index contributed by atoms with van der Waals surface area (Å²) in [6.45, 7) is 2.63. The number of benzene rings is 1. The zero-order chi connectivity index (χ0) is 10.2. The third kappa shape index (κ3) is 1.44. The Balaban J connectivity index is 2.40. The van der Waals surface area contributed by atoms with Crippen molar-refractivity contribution < 1.29 is 4.39 Å². The van der Waals surface area contributed by atoms with Crippen molar-refractivity contribution in [1.82, 2.24) is 0 Å². The van der Waals surface area contributed by atoms with E-state index in [4.69, 9.17) is 5.73 Å². The van der Waals surface area contributed by atoms with Crippen LogP contribution in [-0.4, -0.2) is 6.54 Å². The molecule has 2 heteroatoms. The first-order valence-corrected chi connectivity index (χ1v) is 5.15. The van der Waals surface area contributed by atoms with Crippen molar-refractivity contribution >= 4 is 0 Å². The molecule has 2 rings (SSSR count). The Hall–Kier alpha value is -0.890. The molecule has 0 bridgehead atoms. The van der Waals surface area contributed by atoms with Crippen LogP contribution < -0.4 is 5.73 Å². The molecule has 0 atom stereocenters. The van der Waals surface area contributed by atoms with Crippen molar-refractivity contribution in [2.24, 2.45) is 5.73 Å². The maximum Gasteiger partial charge on any atom is 0.127 e. The average Bonchev–Trinajstić information content (AvgIpc) is 2.86. The van der Waals surface area contributed by atoms with Crippen molar-refractivity contribution in [2.45, 2.75) is 31.6 Å². The molecular weight excluding hydrogens is 177 g/mol. The SMILES string of the molecule is Cc1cccc(F)c1C1(CCN)CC1. The van der Waals surface area contributed by atoms with Gasteiger partial charge in [0.15, 0.2) is 0 Å². The van der Waals surface area contributed by atoms with Crippen LogP contribution in [0.4, 0.5) is 4.39 Å². The standard InChI is InChI=1S/C12H16FN/c1-9-3-2-4-10(13)11(9)12(5-6-12)7-8-14/h2-4H,5-8,14H2,1H3. The highest BCUT2D eigenvalue weighted by atomic mass is 19.1. The Kier molecular flexibility index (Phi) is 2.31. The molecule has 1 nitrogen and oxygen atoms in total. The largest absolute Gasteiger partial charge is 0.330 e. The summed E-state index contributed by atoms with van der Waals surface area (Å²) in [5.74, 6) is -0.0593. The van der Waals surface area contributed by atoms with Crippen molar-refractivity contribution in [3.63, 3.8) is 0 Å². The van der Waals surface area contributed by atoms with Crippen LogP contribution >= 0.6 is 0 Å². The molecule has 0 saturated heterocycles. The predicted octanol–water partition coefficient (Wildman–Crippen LogP) is 2.51. The molecule has 1 aliphatic carbocycles. The monoisotopic (exact) mass is 193 g/mol. The van der Waals surface area contributed by atoms with E-state index in [1.165, 1.54) is 0 Å². The number of nitrogens with two attached hydrogens (primary N) is 1. The molecule has 0 amide bonds. The summed E-state index contributed by atoms with van der Waals surface area (Å²) in [5.41, 5.74) is 7.62. The first-order valence-electron chi connectivity index (χ1n) is 5.15. The predicted molar refractivity (Wildman–Crippen MR) is 55.7 cm³/mol. The van der Waals surface area contributed by atoms with Gasteiger partial charge in [0.25, 0.3) is 0 Å². The van der Waals surface area contributed by atoms with E-state index in [1.807, 2.05) is 13.0 Å². The summed E-state index contributed by atoms with van der Waals surface area (Å²) < 4.78 is 13.7. The smallest absolute Gasteiger partial charge is 0.127 e. The molecule has 0 unspecified atom stereocenters. The van der Waals surface area contributed by atoms with Gasteiger partial charge in [-0.25, -0.2) is 4.39 Å². The van der Waals surface area contributed by atoms with Gasteiger partial charge >= 0.3 is 0 Å². The number of hydrogen-bond donors (Lipinski definition) is 1. The second kappa shape index (κ2) is 3.35. The Bertz CT molecular complexity index is 322. The maximum absolute atomic E-state index is 13.7. The summed E-state index contributed by atoms with van der Waals surface area (Å²) >= 11 is 0. The lowest BCUT2D eigenvalue weighted by Gasteiger charge is -2.17. The fourth-order valence-corrected chi connectivity index (χ4v) is 2.36. The molecule has 1 saturated carbocycles. The number of hydrogen-bond acceptors (Lipinski definition) is 1. The van der Waals surface area contributed by atoms with Crippen LogP contribution in [0, 0.1) is 12.7 Å². The lowest BCUT2D eigenvalue weighted by atomic mass is 9.88. The quantitative estimate of drug-likeness (QED) is 0.784. The second-order valence-corrected chi connectivity index (χ2v) is 4.25. The fraction of sp³-hybridized carbons (Fsp3) is 0.500. The van der Waals surface area contributed by atoms with Crippen molar-refractivity contribution in [1.29, 1.82) is 0 Å². The van der Waals surface area contributed by atoms with Gasteiger partial charge in [-0.15, -0.1) is 0 Å². The van der Waals surface area contributed by atoms with Gasteiger partial charge in [0.05, 0.1) is 0 Å². The minimum absolute atomic E-state index is 0.0593. The van der Waals surface area contributed by atoms with Crippen LogP contribution in [0.1, 0.15) is 30.4 Å². The molecule has 1 aromatic rings. The third-order valence-electron chi connectivity index (χ3n) is 3.23. The zero-order valence-corrected chi connectivity index (χ0v) is 8.52. The number of aryl methyl sites for hydroxylation is 1. The summed E-state index contributed by atoms with van der Waals surface area (Å²) in [4.78, 5) is 0. The Morgan fingerprint density at radius 2 is 2.14 bits per heavy atom. The van der Waals surface area contributed by atoms with E-state index >= 15 is 0 Å². The van der Waals surface area contributed by atoms with Gasteiger partial charge < -0.3 is 5.73 Å². The molecular formula is C12H16FN. The summed E-state index contributed by atoms with van der Waals surface area (Å²) in [7, 11) is 0. The van der Waals surface area contributed by atoms with E-state index in [2.05, 4.69) is 0 Å². The number of halogens is 1. The highest BCUT2D eigenvalue weighted by Gasteiger charge is 2.45. The van der Waals surface area contributed by atoms with E-state index in [9.17, 15) is 4.39 Å². The summed E-state index contributed by atoms with van der Waals surface area (Å²) in [6, 6.07) is 5.31. The van der Waals surface area contributed by atoms with Gasteiger partial charge in [0.2, 0.25) is 0 Å². The van der Waals surface area contributed by atoms with Crippen LogP contribution in [0.15, 0.2) is 18.2 Å². The fourth-order valence-electron chi connectivity index (χ4n) is 2.36. The molecule has 0 aliphatic heterocycles. The lowest BCUT2D eigenvalue weighted by Crippen LogP contribution is -2.16. The molecule has 0 aromatic heterocycles. The second-order valence-electron chi connectivity index (χ2n) is 4.25. The molecule has 0 radical (unpaired) electrons. The maximum atomic E-state index is 13.7. The minimum atomic E-state index is -0.0593. The Morgan fingerprint density at radius 3 is 2.64 bits per heavy atom. The van der Waals surface area contributed by atoms with Gasteiger partial charge in [-0.3, -0.25) is 0 Å². The first-order chi connectivity index (χ1) is 6.69. The molecule has 0 spiro atoms. The Labute approximate surface area is 84.1 Å². The van der Waals surface area contributed by atoms with Crippen molar-refractivity contribution in [2.75, 3.05) is 6.54 Å². The van der Waals surface area contributed by atoms with E-state index in [0.717, 1.165) is 30.4 Å².